The van der Waals surface area contributed by atoms with Gasteiger partial charge >= 0.3 is 0 Å². The van der Waals surface area contributed by atoms with Crippen molar-refractivity contribution in [2.75, 3.05) is 0 Å². The van der Waals surface area contributed by atoms with Gasteiger partial charge in [-0.2, -0.15) is 5.10 Å². The van der Waals surface area contributed by atoms with Crippen LogP contribution >= 0.6 is 0 Å². The Bertz CT molecular complexity index is 867. The van der Waals surface area contributed by atoms with E-state index in [2.05, 4.69) is 10.5 Å². The van der Waals surface area contributed by atoms with Crippen molar-refractivity contribution in [2.45, 2.75) is 0 Å². The van der Waals surface area contributed by atoms with Crippen LogP contribution in [0.4, 0.5) is 4.39 Å². The normalized spacial score (nSPS) is 11.2. The average molecular weight is 295 g/mol. The van der Waals surface area contributed by atoms with Crippen molar-refractivity contribution < 1.29 is 9.18 Å². The van der Waals surface area contributed by atoms with Gasteiger partial charge in [-0.25, -0.2) is 9.82 Å². The van der Waals surface area contributed by atoms with Crippen LogP contribution in [0.2, 0.25) is 0 Å². The lowest BCUT2D eigenvalue weighted by Gasteiger charge is -2.02. The molecular weight excluding hydrogens is 281 g/mol. The van der Waals surface area contributed by atoms with Crippen LogP contribution in [0.5, 0.6) is 0 Å². The van der Waals surface area contributed by atoms with Gasteiger partial charge in [0.25, 0.3) is 5.91 Å². The highest BCUT2D eigenvalue weighted by molar-refractivity contribution is 5.99. The number of nitrogens with zero attached hydrogens (tertiary/aromatic N) is 2. The highest BCUT2D eigenvalue weighted by Gasteiger charge is 2.12. The molecule has 0 saturated heterocycles. The van der Waals surface area contributed by atoms with Crippen LogP contribution < -0.4 is 5.43 Å². The summed E-state index contributed by atoms with van der Waals surface area (Å²) < 4.78 is 15.2. The van der Waals surface area contributed by atoms with Gasteiger partial charge in [-0.1, -0.05) is 36.4 Å². The zero-order valence-corrected chi connectivity index (χ0v) is 12.0. The Hall–Kier alpha value is -2.95. The van der Waals surface area contributed by atoms with E-state index in [4.69, 9.17) is 0 Å². The maximum atomic E-state index is 13.4. The van der Waals surface area contributed by atoms with E-state index >= 15 is 0 Å². The van der Waals surface area contributed by atoms with Gasteiger partial charge in [0, 0.05) is 23.5 Å². The highest BCUT2D eigenvalue weighted by Crippen LogP contribution is 2.18. The van der Waals surface area contributed by atoms with Crippen LogP contribution in [0.15, 0.2) is 59.7 Å². The minimum atomic E-state index is -0.384. The number of fused-ring (bicyclic) bond motifs is 1. The van der Waals surface area contributed by atoms with E-state index in [9.17, 15) is 9.18 Å². The monoisotopic (exact) mass is 295 g/mol. The number of hydrazone groups is 1. The molecule has 3 rings (SSSR count). The summed E-state index contributed by atoms with van der Waals surface area (Å²) in [5, 5.41) is 4.79. The predicted molar refractivity (Wildman–Crippen MR) is 84.4 cm³/mol. The predicted octanol–water partition coefficient (Wildman–Crippen LogP) is 3.08. The quantitative estimate of drug-likeness (QED) is 0.586. The van der Waals surface area contributed by atoms with Gasteiger partial charge in [-0.15, -0.1) is 0 Å². The second kappa shape index (κ2) is 5.81. The fourth-order valence-corrected chi connectivity index (χ4v) is 2.30. The van der Waals surface area contributed by atoms with E-state index in [1.54, 1.807) is 28.8 Å². The number of rotatable bonds is 3. The maximum Gasteiger partial charge on any atom is 0.287 e. The van der Waals surface area contributed by atoms with E-state index in [0.717, 1.165) is 10.9 Å². The number of aromatic nitrogens is 1. The van der Waals surface area contributed by atoms with Crippen molar-refractivity contribution in [2.24, 2.45) is 12.1 Å². The molecule has 1 heterocycles. The van der Waals surface area contributed by atoms with Crippen molar-refractivity contribution in [3.63, 3.8) is 0 Å². The third-order valence-corrected chi connectivity index (χ3v) is 3.46. The molecule has 110 valence electrons. The van der Waals surface area contributed by atoms with Gasteiger partial charge in [0.1, 0.15) is 11.5 Å². The molecule has 1 amide bonds. The van der Waals surface area contributed by atoms with Crippen LogP contribution in [0.25, 0.3) is 10.9 Å². The Labute approximate surface area is 126 Å². The van der Waals surface area contributed by atoms with Crippen molar-refractivity contribution in [1.82, 2.24) is 9.99 Å². The molecular formula is C17H14FN3O. The largest absolute Gasteiger partial charge is 0.340 e. The van der Waals surface area contributed by atoms with E-state index in [1.165, 1.54) is 12.3 Å². The second-order valence-corrected chi connectivity index (χ2v) is 4.87. The summed E-state index contributed by atoms with van der Waals surface area (Å²) in [5.41, 5.74) is 4.19. The fourth-order valence-electron chi connectivity index (χ4n) is 2.30. The number of amides is 1. The first kappa shape index (κ1) is 14.0. The topological polar surface area (TPSA) is 46.4 Å². The third kappa shape index (κ3) is 2.61. The first-order valence-corrected chi connectivity index (χ1v) is 6.79. The minimum Gasteiger partial charge on any atom is -0.340 e. The average Bonchev–Trinajstić information content (AvgIpc) is 2.87. The zero-order chi connectivity index (χ0) is 15.5. The second-order valence-electron chi connectivity index (χ2n) is 4.87. The van der Waals surface area contributed by atoms with Crippen molar-refractivity contribution in [3.05, 3.63) is 71.7 Å². The van der Waals surface area contributed by atoms with Gasteiger partial charge in [0.05, 0.1) is 6.21 Å². The number of carbonyl (C=O) groups excluding carboxylic acids is 1. The Morgan fingerprint density at radius 3 is 2.68 bits per heavy atom. The number of hydrogen-bond acceptors (Lipinski definition) is 2. The molecule has 22 heavy (non-hydrogen) atoms. The Kier molecular flexibility index (Phi) is 3.70. The lowest BCUT2D eigenvalue weighted by Crippen LogP contribution is -2.20. The van der Waals surface area contributed by atoms with Gasteiger partial charge in [-0.3, -0.25) is 4.79 Å². The van der Waals surface area contributed by atoms with Crippen LogP contribution in [0, 0.1) is 5.82 Å². The molecule has 0 fully saturated rings. The number of para-hydroxylation sites is 1. The Morgan fingerprint density at radius 1 is 1.18 bits per heavy atom. The molecule has 3 aromatic rings. The maximum absolute atomic E-state index is 13.4. The van der Waals surface area contributed by atoms with E-state index in [-0.39, 0.29) is 11.7 Å². The number of halogens is 1. The molecule has 4 nitrogen and oxygen atoms in total. The van der Waals surface area contributed by atoms with Crippen molar-refractivity contribution in [3.8, 4) is 0 Å². The van der Waals surface area contributed by atoms with Crippen LogP contribution in [0.3, 0.4) is 0 Å². The first-order chi connectivity index (χ1) is 10.7. The van der Waals surface area contributed by atoms with E-state index in [0.29, 0.717) is 11.3 Å². The number of carbonyl (C=O) groups is 1. The molecule has 0 unspecified atom stereocenters. The highest BCUT2D eigenvalue weighted by atomic mass is 19.1. The molecule has 0 aliphatic heterocycles. The molecule has 0 atom stereocenters. The lowest BCUT2D eigenvalue weighted by atomic mass is 10.2. The summed E-state index contributed by atoms with van der Waals surface area (Å²) >= 11 is 0. The Balaban J connectivity index is 1.79. The SMILES string of the molecule is Cn1c(C(=O)N/N=C/c2ccccc2F)cc2ccccc21. The van der Waals surface area contributed by atoms with E-state index in [1.807, 2.05) is 31.3 Å². The molecule has 0 aliphatic rings. The molecule has 1 aromatic heterocycles. The molecule has 0 bridgehead atoms. The number of hydrogen-bond donors (Lipinski definition) is 1. The van der Waals surface area contributed by atoms with Crippen LogP contribution in [-0.4, -0.2) is 16.7 Å². The van der Waals surface area contributed by atoms with Crippen molar-refractivity contribution in [1.29, 1.82) is 0 Å². The summed E-state index contributed by atoms with van der Waals surface area (Å²) in [5.74, 6) is -0.726. The Morgan fingerprint density at radius 2 is 1.91 bits per heavy atom. The lowest BCUT2D eigenvalue weighted by molar-refractivity contribution is 0.0947. The van der Waals surface area contributed by atoms with E-state index < -0.39 is 0 Å². The molecule has 1 N–H and O–H groups in total. The number of nitrogens with one attached hydrogen (secondary N) is 1. The van der Waals surface area contributed by atoms with Gasteiger partial charge in [0.15, 0.2) is 0 Å². The first-order valence-electron chi connectivity index (χ1n) is 6.79. The summed E-state index contributed by atoms with van der Waals surface area (Å²) in [7, 11) is 1.82. The van der Waals surface area contributed by atoms with Gasteiger partial charge < -0.3 is 4.57 Å². The molecule has 0 spiro atoms. The molecule has 2 aromatic carbocycles. The van der Waals surface area contributed by atoms with Gasteiger partial charge in [0.2, 0.25) is 0 Å². The number of benzene rings is 2. The smallest absolute Gasteiger partial charge is 0.287 e. The molecule has 0 saturated carbocycles. The zero-order valence-electron chi connectivity index (χ0n) is 12.0. The van der Waals surface area contributed by atoms with Gasteiger partial charge in [-0.05, 0) is 18.2 Å². The fraction of sp³-hybridized carbons (Fsp3) is 0.0588. The third-order valence-electron chi connectivity index (χ3n) is 3.46. The van der Waals surface area contributed by atoms with Crippen molar-refractivity contribution >= 4 is 23.0 Å². The molecule has 5 heteroatoms. The summed E-state index contributed by atoms with van der Waals surface area (Å²) in [6, 6.07) is 15.7. The summed E-state index contributed by atoms with van der Waals surface area (Å²) in [4.78, 5) is 12.2. The van der Waals surface area contributed by atoms with Crippen LogP contribution in [-0.2, 0) is 7.05 Å². The molecule has 0 radical (unpaired) electrons. The standard InChI is InChI=1S/C17H14FN3O/c1-21-15-9-5-3-6-12(15)10-16(21)17(22)20-19-11-13-7-2-4-8-14(13)18/h2-11H,1H3,(H,20,22)/b19-11+. The number of aryl methyl sites for hydroxylation is 1. The van der Waals surface area contributed by atoms with Crippen LogP contribution in [0.1, 0.15) is 16.1 Å². The summed E-state index contributed by atoms with van der Waals surface area (Å²) in [6.07, 6.45) is 1.29. The summed E-state index contributed by atoms with van der Waals surface area (Å²) in [6.45, 7) is 0. The molecule has 0 aliphatic carbocycles. The minimum absolute atomic E-state index is 0.319.